The third-order valence-corrected chi connectivity index (χ3v) is 2.63. The Bertz CT molecular complexity index is 272. The van der Waals surface area contributed by atoms with Crippen molar-refractivity contribution in [1.29, 1.82) is 0 Å². The number of rotatable bonds is 5. The van der Waals surface area contributed by atoms with E-state index in [1.165, 1.54) is 0 Å². The zero-order chi connectivity index (χ0) is 12.7. The van der Waals surface area contributed by atoms with Crippen molar-refractivity contribution in [1.82, 2.24) is 15.7 Å². The minimum Gasteiger partial charge on any atom is -0.479 e. The molecule has 7 heteroatoms. The molecule has 1 rings (SSSR count). The number of carboxylic acid groups (broad SMARTS) is 1. The molecule has 0 aliphatic carbocycles. The highest BCUT2D eigenvalue weighted by Crippen LogP contribution is 2.13. The zero-order valence-corrected chi connectivity index (χ0v) is 9.94. The number of hydrogen-bond donors (Lipinski definition) is 3. The van der Waals surface area contributed by atoms with Crippen molar-refractivity contribution < 1.29 is 19.5 Å². The van der Waals surface area contributed by atoms with E-state index in [-0.39, 0.29) is 0 Å². The number of aliphatic carboxylic acids is 1. The van der Waals surface area contributed by atoms with E-state index >= 15 is 0 Å². The number of carbonyl (C=O) groups is 2. The highest BCUT2D eigenvalue weighted by atomic mass is 16.7. The highest BCUT2D eigenvalue weighted by molar-refractivity contribution is 5.73. The summed E-state index contributed by atoms with van der Waals surface area (Å²) in [7, 11) is 2.06. The summed E-state index contributed by atoms with van der Waals surface area (Å²) in [5.74, 6) is -0.682. The first kappa shape index (κ1) is 13.7. The first-order valence-electron chi connectivity index (χ1n) is 5.64. The van der Waals surface area contributed by atoms with E-state index < -0.39 is 18.6 Å². The van der Waals surface area contributed by atoms with E-state index in [0.29, 0.717) is 12.5 Å². The molecule has 2 amide bonds. The fourth-order valence-corrected chi connectivity index (χ4v) is 1.88. The molecule has 0 aromatic rings. The van der Waals surface area contributed by atoms with Gasteiger partial charge in [-0.2, -0.15) is 0 Å². The van der Waals surface area contributed by atoms with E-state index in [4.69, 9.17) is 5.11 Å². The highest BCUT2D eigenvalue weighted by Gasteiger charge is 2.17. The van der Waals surface area contributed by atoms with Crippen molar-refractivity contribution in [2.75, 3.05) is 33.3 Å². The first-order chi connectivity index (χ1) is 8.08. The predicted molar refractivity (Wildman–Crippen MR) is 60.3 cm³/mol. The fraction of sp³-hybridized carbons (Fsp3) is 0.800. The first-order valence-corrected chi connectivity index (χ1v) is 5.64. The van der Waals surface area contributed by atoms with E-state index in [2.05, 4.69) is 22.1 Å². The molecular formula is C10H19N3O4. The average molecular weight is 245 g/mol. The lowest BCUT2D eigenvalue weighted by atomic mass is 9.99. The van der Waals surface area contributed by atoms with Crippen LogP contribution in [-0.2, 0) is 9.63 Å². The summed E-state index contributed by atoms with van der Waals surface area (Å²) >= 11 is 0. The quantitative estimate of drug-likeness (QED) is 0.576. The number of nitrogens with one attached hydrogen (secondary N) is 2. The Hall–Kier alpha value is -1.34. The molecule has 0 bridgehead atoms. The molecule has 1 saturated heterocycles. The van der Waals surface area contributed by atoms with Gasteiger partial charge in [0.1, 0.15) is 0 Å². The Morgan fingerprint density at radius 1 is 1.53 bits per heavy atom. The van der Waals surface area contributed by atoms with Gasteiger partial charge in [-0.15, -0.1) is 0 Å². The van der Waals surface area contributed by atoms with Gasteiger partial charge in [-0.05, 0) is 32.4 Å². The van der Waals surface area contributed by atoms with Gasteiger partial charge < -0.3 is 15.3 Å². The van der Waals surface area contributed by atoms with Crippen LogP contribution in [0, 0.1) is 5.92 Å². The van der Waals surface area contributed by atoms with Crippen molar-refractivity contribution >= 4 is 12.0 Å². The van der Waals surface area contributed by atoms with Crippen LogP contribution in [0.15, 0.2) is 0 Å². The van der Waals surface area contributed by atoms with Gasteiger partial charge in [0.25, 0.3) is 0 Å². The van der Waals surface area contributed by atoms with Crippen molar-refractivity contribution in [2.45, 2.75) is 12.8 Å². The normalized spacial score (nSPS) is 20.9. The number of amides is 2. The molecule has 1 heterocycles. The van der Waals surface area contributed by atoms with Crippen molar-refractivity contribution in [3.8, 4) is 0 Å². The van der Waals surface area contributed by atoms with E-state index in [9.17, 15) is 9.59 Å². The maximum atomic E-state index is 11.2. The molecule has 7 nitrogen and oxygen atoms in total. The third kappa shape index (κ3) is 6.08. The largest absolute Gasteiger partial charge is 0.479 e. The topological polar surface area (TPSA) is 90.9 Å². The lowest BCUT2D eigenvalue weighted by molar-refractivity contribution is -0.144. The number of urea groups is 1. The van der Waals surface area contributed by atoms with Crippen LogP contribution >= 0.6 is 0 Å². The van der Waals surface area contributed by atoms with Crippen LogP contribution in [-0.4, -0.2) is 55.3 Å². The molecule has 0 aromatic heterocycles. The van der Waals surface area contributed by atoms with E-state index in [0.717, 1.165) is 25.9 Å². The molecule has 1 fully saturated rings. The molecular weight excluding hydrogens is 226 g/mol. The molecule has 1 atom stereocenters. The second-order valence-corrected chi connectivity index (χ2v) is 4.26. The van der Waals surface area contributed by atoms with Crippen LogP contribution in [0.1, 0.15) is 12.8 Å². The number of carbonyl (C=O) groups excluding carboxylic acids is 1. The molecule has 17 heavy (non-hydrogen) atoms. The van der Waals surface area contributed by atoms with Crippen LogP contribution in [0.4, 0.5) is 4.79 Å². The smallest absolute Gasteiger partial charge is 0.338 e. The summed E-state index contributed by atoms with van der Waals surface area (Å²) < 4.78 is 0. The van der Waals surface area contributed by atoms with Gasteiger partial charge >= 0.3 is 12.0 Å². The molecule has 3 N–H and O–H groups in total. The van der Waals surface area contributed by atoms with Crippen LogP contribution in [0.5, 0.6) is 0 Å². The Morgan fingerprint density at radius 3 is 2.94 bits per heavy atom. The summed E-state index contributed by atoms with van der Waals surface area (Å²) in [5.41, 5.74) is 2.02. The van der Waals surface area contributed by atoms with Crippen LogP contribution in [0.25, 0.3) is 0 Å². The minimum atomic E-state index is -1.13. The van der Waals surface area contributed by atoms with Crippen LogP contribution in [0.3, 0.4) is 0 Å². The zero-order valence-electron chi connectivity index (χ0n) is 9.94. The number of hydroxylamine groups is 1. The lowest BCUT2D eigenvalue weighted by Crippen LogP contribution is -2.43. The Balaban J connectivity index is 2.08. The van der Waals surface area contributed by atoms with E-state index in [1.54, 1.807) is 0 Å². The Labute approximate surface area is 100 Å². The molecule has 0 saturated carbocycles. The van der Waals surface area contributed by atoms with Crippen molar-refractivity contribution in [3.63, 3.8) is 0 Å². The molecule has 0 spiro atoms. The van der Waals surface area contributed by atoms with Gasteiger partial charge in [-0.25, -0.2) is 15.1 Å². The van der Waals surface area contributed by atoms with E-state index in [1.807, 2.05) is 5.48 Å². The van der Waals surface area contributed by atoms with Crippen molar-refractivity contribution in [2.24, 2.45) is 5.92 Å². The summed E-state index contributed by atoms with van der Waals surface area (Å²) in [6.07, 6.45) is 2.24. The summed E-state index contributed by atoms with van der Waals surface area (Å²) in [6.45, 7) is 2.10. The van der Waals surface area contributed by atoms with Crippen LogP contribution < -0.4 is 10.8 Å². The SMILES string of the molecule is CN1CCCC(CNC(=O)NOCC(=O)O)C1. The second kappa shape index (κ2) is 7.08. The molecule has 98 valence electrons. The maximum Gasteiger partial charge on any atom is 0.338 e. The monoisotopic (exact) mass is 245 g/mol. The van der Waals surface area contributed by atoms with Crippen LogP contribution in [0.2, 0.25) is 0 Å². The number of nitrogens with zero attached hydrogens (tertiary/aromatic N) is 1. The average Bonchev–Trinajstić information content (AvgIpc) is 2.26. The second-order valence-electron chi connectivity index (χ2n) is 4.26. The number of piperidine rings is 1. The molecule has 0 aromatic carbocycles. The fourth-order valence-electron chi connectivity index (χ4n) is 1.88. The Morgan fingerprint density at radius 2 is 2.29 bits per heavy atom. The maximum absolute atomic E-state index is 11.2. The molecule has 1 aliphatic heterocycles. The van der Waals surface area contributed by atoms with Gasteiger partial charge in [0, 0.05) is 13.1 Å². The van der Waals surface area contributed by atoms with Crippen molar-refractivity contribution in [3.05, 3.63) is 0 Å². The van der Waals surface area contributed by atoms with Gasteiger partial charge in [0.05, 0.1) is 0 Å². The van der Waals surface area contributed by atoms with Gasteiger partial charge in [0.15, 0.2) is 6.61 Å². The number of hydrogen-bond acceptors (Lipinski definition) is 4. The third-order valence-electron chi connectivity index (χ3n) is 2.63. The minimum absolute atomic E-state index is 0.443. The predicted octanol–water partition coefficient (Wildman–Crippen LogP) is -0.356. The number of likely N-dealkylation sites (tertiary alicyclic amines) is 1. The molecule has 0 radical (unpaired) electrons. The lowest BCUT2D eigenvalue weighted by Gasteiger charge is -2.29. The molecule has 1 unspecified atom stereocenters. The summed E-state index contributed by atoms with van der Waals surface area (Å²) in [5, 5.41) is 10.9. The Kier molecular flexibility index (Phi) is 5.71. The summed E-state index contributed by atoms with van der Waals surface area (Å²) in [4.78, 5) is 28.0. The summed E-state index contributed by atoms with van der Waals surface area (Å²) in [6, 6.07) is -0.500. The van der Waals surface area contributed by atoms with Gasteiger partial charge in [0.2, 0.25) is 0 Å². The van der Waals surface area contributed by atoms with Gasteiger partial charge in [-0.1, -0.05) is 0 Å². The molecule has 1 aliphatic rings. The standard InChI is InChI=1S/C10H19N3O4/c1-13-4-2-3-8(6-13)5-11-10(16)12-17-7-9(14)15/h8H,2-7H2,1H3,(H,14,15)(H2,11,12,16). The van der Waals surface area contributed by atoms with Gasteiger partial charge in [-0.3, -0.25) is 4.84 Å². The number of carboxylic acids is 1.